The quantitative estimate of drug-likeness (QED) is 0.812. The normalized spacial score (nSPS) is 18.3. The SMILES string of the molecule is CC(C)S(=O)(=O)Nc1cccc(C2CC(C)(C)c3cc(C#N)ccc3N2)c1. The Kier molecular flexibility index (Phi) is 4.92. The Morgan fingerprint density at radius 1 is 1.22 bits per heavy atom. The number of benzene rings is 2. The molecule has 1 unspecified atom stereocenters. The summed E-state index contributed by atoms with van der Waals surface area (Å²) in [5.74, 6) is 0. The summed E-state index contributed by atoms with van der Waals surface area (Å²) in [6, 6.07) is 15.5. The van der Waals surface area contributed by atoms with Crippen LogP contribution in [0.3, 0.4) is 0 Å². The third-order valence-corrected chi connectivity index (χ3v) is 6.85. The Balaban J connectivity index is 1.92. The van der Waals surface area contributed by atoms with E-state index in [4.69, 9.17) is 0 Å². The molecule has 0 amide bonds. The van der Waals surface area contributed by atoms with E-state index < -0.39 is 15.3 Å². The summed E-state index contributed by atoms with van der Waals surface area (Å²) in [7, 11) is -3.38. The molecule has 0 radical (unpaired) electrons. The van der Waals surface area contributed by atoms with Crippen LogP contribution < -0.4 is 10.0 Å². The monoisotopic (exact) mass is 383 g/mol. The number of hydrogen-bond acceptors (Lipinski definition) is 4. The molecule has 6 heteroatoms. The molecule has 142 valence electrons. The number of rotatable bonds is 4. The molecule has 0 aliphatic carbocycles. The Labute approximate surface area is 161 Å². The average Bonchev–Trinajstić information content (AvgIpc) is 2.60. The molecule has 1 aliphatic rings. The van der Waals surface area contributed by atoms with Gasteiger partial charge in [-0.05, 0) is 67.1 Å². The first kappa shape index (κ1) is 19.2. The summed E-state index contributed by atoms with van der Waals surface area (Å²) in [5, 5.41) is 12.2. The molecule has 0 fully saturated rings. The van der Waals surface area contributed by atoms with Crippen LogP contribution in [0.25, 0.3) is 0 Å². The topological polar surface area (TPSA) is 82.0 Å². The van der Waals surface area contributed by atoms with Gasteiger partial charge in [-0.2, -0.15) is 5.26 Å². The summed E-state index contributed by atoms with van der Waals surface area (Å²) >= 11 is 0. The van der Waals surface area contributed by atoms with Crippen LogP contribution in [0.4, 0.5) is 11.4 Å². The minimum absolute atomic E-state index is 0.0592. The zero-order valence-corrected chi connectivity index (χ0v) is 16.9. The first-order chi connectivity index (χ1) is 12.6. The number of sulfonamides is 1. The predicted octanol–water partition coefficient (Wildman–Crippen LogP) is 4.54. The number of hydrogen-bond donors (Lipinski definition) is 2. The lowest BCUT2D eigenvalue weighted by Gasteiger charge is -2.39. The van der Waals surface area contributed by atoms with Crippen LogP contribution in [0.5, 0.6) is 0 Å². The van der Waals surface area contributed by atoms with Gasteiger partial charge >= 0.3 is 0 Å². The van der Waals surface area contributed by atoms with Gasteiger partial charge in [0.05, 0.1) is 22.9 Å². The fraction of sp³-hybridized carbons (Fsp3) is 0.381. The molecule has 0 spiro atoms. The van der Waals surface area contributed by atoms with E-state index in [0.29, 0.717) is 11.3 Å². The smallest absolute Gasteiger partial charge is 0.235 e. The third-order valence-electron chi connectivity index (χ3n) is 5.09. The molecule has 5 nitrogen and oxygen atoms in total. The minimum atomic E-state index is -3.38. The lowest BCUT2D eigenvalue weighted by Crippen LogP contribution is -2.31. The maximum absolute atomic E-state index is 12.2. The molecule has 0 saturated heterocycles. The second kappa shape index (κ2) is 6.90. The number of nitriles is 1. The summed E-state index contributed by atoms with van der Waals surface area (Å²) in [4.78, 5) is 0. The van der Waals surface area contributed by atoms with Crippen LogP contribution in [0.2, 0.25) is 0 Å². The first-order valence-electron chi connectivity index (χ1n) is 9.05. The van der Waals surface area contributed by atoms with Gasteiger partial charge in [0.25, 0.3) is 0 Å². The zero-order valence-electron chi connectivity index (χ0n) is 16.1. The second-order valence-corrected chi connectivity index (χ2v) is 10.2. The van der Waals surface area contributed by atoms with Gasteiger partial charge in [0.15, 0.2) is 0 Å². The third kappa shape index (κ3) is 3.93. The Morgan fingerprint density at radius 3 is 2.63 bits per heavy atom. The van der Waals surface area contributed by atoms with E-state index >= 15 is 0 Å². The molecule has 2 aromatic carbocycles. The highest BCUT2D eigenvalue weighted by atomic mass is 32.2. The van der Waals surface area contributed by atoms with Gasteiger partial charge in [-0.25, -0.2) is 8.42 Å². The van der Waals surface area contributed by atoms with E-state index in [1.807, 2.05) is 36.4 Å². The van der Waals surface area contributed by atoms with E-state index in [0.717, 1.165) is 23.2 Å². The highest BCUT2D eigenvalue weighted by Gasteiger charge is 2.33. The largest absolute Gasteiger partial charge is 0.378 e. The van der Waals surface area contributed by atoms with E-state index in [1.54, 1.807) is 19.9 Å². The summed E-state index contributed by atoms with van der Waals surface area (Å²) < 4.78 is 27.0. The van der Waals surface area contributed by atoms with Crippen molar-refractivity contribution < 1.29 is 8.42 Å². The molecule has 2 N–H and O–H groups in total. The summed E-state index contributed by atoms with van der Waals surface area (Å²) in [6.45, 7) is 7.66. The van der Waals surface area contributed by atoms with Crippen molar-refractivity contribution in [3.05, 3.63) is 59.2 Å². The van der Waals surface area contributed by atoms with Gasteiger partial charge in [-0.1, -0.05) is 26.0 Å². The van der Waals surface area contributed by atoms with Crippen molar-refractivity contribution in [3.63, 3.8) is 0 Å². The molecule has 0 bridgehead atoms. The fourth-order valence-electron chi connectivity index (χ4n) is 3.46. The number of nitrogens with zero attached hydrogens (tertiary/aromatic N) is 1. The van der Waals surface area contributed by atoms with Crippen LogP contribution in [0.1, 0.15) is 56.8 Å². The van der Waals surface area contributed by atoms with E-state index in [9.17, 15) is 13.7 Å². The molecule has 0 saturated carbocycles. The average molecular weight is 384 g/mol. The van der Waals surface area contributed by atoms with Gasteiger partial charge in [-0.15, -0.1) is 0 Å². The zero-order chi connectivity index (χ0) is 19.8. The number of anilines is 2. The van der Waals surface area contributed by atoms with Crippen LogP contribution in [0.15, 0.2) is 42.5 Å². The van der Waals surface area contributed by atoms with E-state index in [-0.39, 0.29) is 11.5 Å². The van der Waals surface area contributed by atoms with Crippen LogP contribution in [0, 0.1) is 11.3 Å². The summed E-state index contributed by atoms with van der Waals surface area (Å²) in [6.07, 6.45) is 0.843. The highest BCUT2D eigenvalue weighted by molar-refractivity contribution is 7.93. The van der Waals surface area contributed by atoms with Crippen molar-refractivity contribution in [1.82, 2.24) is 0 Å². The van der Waals surface area contributed by atoms with Crippen molar-refractivity contribution in [2.24, 2.45) is 0 Å². The van der Waals surface area contributed by atoms with E-state index in [2.05, 4.69) is 30.0 Å². The molecular weight excluding hydrogens is 358 g/mol. The van der Waals surface area contributed by atoms with Crippen molar-refractivity contribution in [3.8, 4) is 6.07 Å². The molecule has 1 atom stereocenters. The minimum Gasteiger partial charge on any atom is -0.378 e. The Hall–Kier alpha value is -2.52. The van der Waals surface area contributed by atoms with Gasteiger partial charge in [0, 0.05) is 11.4 Å². The highest BCUT2D eigenvalue weighted by Crippen LogP contribution is 2.44. The lowest BCUT2D eigenvalue weighted by molar-refractivity contribution is 0.427. The molecule has 3 rings (SSSR count). The van der Waals surface area contributed by atoms with Crippen LogP contribution in [-0.4, -0.2) is 13.7 Å². The molecule has 2 aromatic rings. The summed E-state index contributed by atoms with van der Waals surface area (Å²) in [5.41, 5.74) is 4.31. The molecule has 27 heavy (non-hydrogen) atoms. The van der Waals surface area contributed by atoms with Gasteiger partial charge in [0.1, 0.15) is 0 Å². The van der Waals surface area contributed by atoms with E-state index in [1.165, 1.54) is 0 Å². The molecule has 1 heterocycles. The lowest BCUT2D eigenvalue weighted by atomic mass is 9.73. The van der Waals surface area contributed by atoms with Gasteiger partial charge in [-0.3, -0.25) is 4.72 Å². The van der Waals surface area contributed by atoms with Crippen LogP contribution >= 0.6 is 0 Å². The fourth-order valence-corrected chi connectivity index (χ4v) is 4.15. The van der Waals surface area contributed by atoms with Crippen molar-refractivity contribution in [1.29, 1.82) is 5.26 Å². The number of nitrogens with one attached hydrogen (secondary N) is 2. The number of fused-ring (bicyclic) bond motifs is 1. The Bertz CT molecular complexity index is 1000. The van der Waals surface area contributed by atoms with Crippen LogP contribution in [-0.2, 0) is 15.4 Å². The standard InChI is InChI=1S/C21H25N3O2S/c1-14(2)27(25,26)24-17-7-5-6-16(11-17)20-12-21(3,4)18-10-15(13-22)8-9-19(18)23-20/h5-11,14,20,23-24H,12H2,1-4H3. The molecular formula is C21H25N3O2S. The first-order valence-corrected chi connectivity index (χ1v) is 10.6. The maximum atomic E-state index is 12.2. The second-order valence-electron chi connectivity index (χ2n) is 7.98. The van der Waals surface area contributed by atoms with Crippen molar-refractivity contribution in [2.45, 2.75) is 50.8 Å². The van der Waals surface area contributed by atoms with Gasteiger partial charge in [0.2, 0.25) is 10.0 Å². The van der Waals surface area contributed by atoms with Crippen molar-refractivity contribution >= 4 is 21.4 Å². The van der Waals surface area contributed by atoms with Crippen molar-refractivity contribution in [2.75, 3.05) is 10.0 Å². The Morgan fingerprint density at radius 2 is 1.96 bits per heavy atom. The molecule has 0 aromatic heterocycles. The maximum Gasteiger partial charge on any atom is 0.235 e. The molecule has 1 aliphatic heterocycles. The predicted molar refractivity (Wildman–Crippen MR) is 109 cm³/mol. The van der Waals surface area contributed by atoms with Gasteiger partial charge < -0.3 is 5.32 Å².